The molecular weight excluding hydrogens is 400 g/mol. The Morgan fingerprint density at radius 3 is 2.59 bits per heavy atom. The van der Waals surface area contributed by atoms with Crippen LogP contribution in [0.15, 0.2) is 12.1 Å². The fourth-order valence-corrected chi connectivity index (χ4v) is 5.19. The van der Waals surface area contributed by atoms with Gasteiger partial charge in [0.2, 0.25) is 0 Å². The van der Waals surface area contributed by atoms with Crippen molar-refractivity contribution in [2.45, 2.75) is 53.9 Å². The van der Waals surface area contributed by atoms with Gasteiger partial charge in [-0.05, 0) is 75.9 Å². The van der Waals surface area contributed by atoms with Crippen LogP contribution in [0.3, 0.4) is 0 Å². The maximum absolute atomic E-state index is 13.1. The first-order chi connectivity index (χ1) is 15.3. The van der Waals surface area contributed by atoms with Crippen LogP contribution in [0.25, 0.3) is 11.1 Å². The number of likely N-dealkylation sites (N-methyl/N-ethyl adjacent to an activating group) is 1. The van der Waals surface area contributed by atoms with Gasteiger partial charge in [-0.1, -0.05) is 25.5 Å². The van der Waals surface area contributed by atoms with Gasteiger partial charge in [0.05, 0.1) is 16.8 Å². The molecule has 0 bridgehead atoms. The molecular formula is C26H34N4O2. The monoisotopic (exact) mass is 434 g/mol. The number of aromatic nitrogens is 1. The molecule has 1 aliphatic carbocycles. The van der Waals surface area contributed by atoms with E-state index < -0.39 is 0 Å². The zero-order valence-corrected chi connectivity index (χ0v) is 19.9. The lowest BCUT2D eigenvalue weighted by atomic mass is 9.85. The van der Waals surface area contributed by atoms with Gasteiger partial charge in [-0.25, -0.2) is 0 Å². The van der Waals surface area contributed by atoms with Gasteiger partial charge in [-0.3, -0.25) is 9.59 Å². The quantitative estimate of drug-likeness (QED) is 0.596. The summed E-state index contributed by atoms with van der Waals surface area (Å²) in [5.74, 6) is -0.0737. The number of nitrogens with zero attached hydrogens (tertiary/aromatic N) is 1. The number of aromatic amines is 1. The Kier molecular flexibility index (Phi) is 6.24. The molecule has 3 N–H and O–H groups in total. The predicted octanol–water partition coefficient (Wildman–Crippen LogP) is 4.21. The molecule has 2 amide bonds. The Morgan fingerprint density at radius 2 is 1.88 bits per heavy atom. The van der Waals surface area contributed by atoms with Crippen molar-refractivity contribution in [2.75, 3.05) is 31.5 Å². The zero-order valence-electron chi connectivity index (χ0n) is 19.9. The van der Waals surface area contributed by atoms with Crippen LogP contribution in [0.5, 0.6) is 0 Å². The van der Waals surface area contributed by atoms with Gasteiger partial charge < -0.3 is 20.5 Å². The molecule has 6 nitrogen and oxygen atoms in total. The van der Waals surface area contributed by atoms with Gasteiger partial charge >= 0.3 is 0 Å². The molecule has 2 aliphatic rings. The van der Waals surface area contributed by atoms with E-state index in [1.54, 1.807) is 0 Å². The third kappa shape index (κ3) is 3.88. The highest BCUT2D eigenvalue weighted by Crippen LogP contribution is 2.44. The molecule has 0 atom stereocenters. The summed E-state index contributed by atoms with van der Waals surface area (Å²) in [5, 5.41) is 6.17. The van der Waals surface area contributed by atoms with Crippen molar-refractivity contribution in [3.63, 3.8) is 0 Å². The lowest BCUT2D eigenvalue weighted by Crippen LogP contribution is -2.35. The largest absolute Gasteiger partial charge is 0.358 e. The molecule has 1 aliphatic heterocycles. The van der Waals surface area contributed by atoms with Crippen molar-refractivity contribution in [1.82, 2.24) is 15.2 Å². The van der Waals surface area contributed by atoms with E-state index in [9.17, 15) is 9.59 Å². The van der Waals surface area contributed by atoms with Gasteiger partial charge in [0, 0.05) is 30.0 Å². The van der Waals surface area contributed by atoms with Crippen LogP contribution in [0, 0.1) is 20.8 Å². The van der Waals surface area contributed by atoms with Crippen LogP contribution in [0.4, 0.5) is 5.69 Å². The fraction of sp³-hybridized carbons (Fsp3) is 0.462. The van der Waals surface area contributed by atoms with E-state index >= 15 is 0 Å². The van der Waals surface area contributed by atoms with E-state index in [1.807, 2.05) is 13.8 Å². The van der Waals surface area contributed by atoms with Crippen molar-refractivity contribution < 1.29 is 9.59 Å². The van der Waals surface area contributed by atoms with Crippen LogP contribution < -0.4 is 10.6 Å². The Hall–Kier alpha value is -2.86. The van der Waals surface area contributed by atoms with Crippen LogP contribution in [0.2, 0.25) is 0 Å². The highest BCUT2D eigenvalue weighted by Gasteiger charge is 2.33. The Balaban J connectivity index is 1.70. The number of carbonyl (C=O) groups excluding carboxylic acids is 2. The number of carbonyl (C=O) groups is 2. The summed E-state index contributed by atoms with van der Waals surface area (Å²) >= 11 is 0. The molecule has 6 heteroatoms. The summed E-state index contributed by atoms with van der Waals surface area (Å²) < 4.78 is 0. The maximum Gasteiger partial charge on any atom is 0.256 e. The van der Waals surface area contributed by atoms with E-state index in [0.717, 1.165) is 94.9 Å². The molecule has 170 valence electrons. The first-order valence-electron chi connectivity index (χ1n) is 11.7. The van der Waals surface area contributed by atoms with Crippen LogP contribution >= 0.6 is 0 Å². The number of H-pyrrole nitrogens is 1. The normalized spacial score (nSPS) is 17.4. The van der Waals surface area contributed by atoms with Crippen LogP contribution in [-0.2, 0) is 11.2 Å². The number of nitrogens with one attached hydrogen (secondary N) is 3. The standard InChI is InChI=1S/C26H34N4O2/c1-6-30(7-2)12-11-27-25(31)21-17(5)28-24-18(21)9-8-10-19(24)22-20-14-15(3)13-16(4)23(20)29-26(22)32/h13-14,28H,6-12H2,1-5H3,(H,27,31)(H,29,32)/b22-19-. The van der Waals surface area contributed by atoms with Gasteiger partial charge in [-0.15, -0.1) is 0 Å². The second-order valence-corrected chi connectivity index (χ2v) is 8.93. The van der Waals surface area contributed by atoms with Crippen LogP contribution in [-0.4, -0.2) is 47.9 Å². The number of aryl methyl sites for hydroxylation is 3. The second kappa shape index (κ2) is 8.94. The minimum Gasteiger partial charge on any atom is -0.358 e. The minimum absolute atomic E-state index is 0.0265. The van der Waals surface area contributed by atoms with Crippen LogP contribution in [0.1, 0.15) is 70.7 Å². The number of anilines is 1. The van der Waals surface area contributed by atoms with Crippen molar-refractivity contribution in [2.24, 2.45) is 0 Å². The molecule has 0 spiro atoms. The van der Waals surface area contributed by atoms with E-state index in [1.165, 1.54) is 0 Å². The number of rotatable bonds is 6. The number of hydrogen-bond acceptors (Lipinski definition) is 3. The fourth-order valence-electron chi connectivity index (χ4n) is 5.19. The summed E-state index contributed by atoms with van der Waals surface area (Å²) in [6, 6.07) is 4.19. The average molecular weight is 435 g/mol. The Morgan fingerprint density at radius 1 is 1.12 bits per heavy atom. The number of benzene rings is 1. The first-order valence-corrected chi connectivity index (χ1v) is 11.7. The summed E-state index contributed by atoms with van der Waals surface area (Å²) in [7, 11) is 0. The van der Waals surface area contributed by atoms with Gasteiger partial charge in [0.1, 0.15) is 0 Å². The van der Waals surface area contributed by atoms with E-state index in [-0.39, 0.29) is 11.8 Å². The molecule has 1 aromatic heterocycles. The summed E-state index contributed by atoms with van der Waals surface area (Å²) in [4.78, 5) is 31.9. The van der Waals surface area contributed by atoms with E-state index in [2.05, 4.69) is 53.4 Å². The van der Waals surface area contributed by atoms with E-state index in [0.29, 0.717) is 6.54 Å². The number of fused-ring (bicyclic) bond motifs is 2. The number of amides is 2. The molecule has 0 fully saturated rings. The third-order valence-electron chi connectivity index (χ3n) is 6.80. The predicted molar refractivity (Wildman–Crippen MR) is 130 cm³/mol. The van der Waals surface area contributed by atoms with Crippen molar-refractivity contribution in [3.8, 4) is 0 Å². The molecule has 2 aromatic rings. The molecule has 0 unspecified atom stereocenters. The maximum atomic E-state index is 13.1. The lowest BCUT2D eigenvalue weighted by Gasteiger charge is -2.20. The van der Waals surface area contributed by atoms with Gasteiger partial charge in [0.25, 0.3) is 11.8 Å². The smallest absolute Gasteiger partial charge is 0.256 e. The molecule has 0 saturated carbocycles. The summed E-state index contributed by atoms with van der Waals surface area (Å²) in [6.45, 7) is 13.7. The molecule has 32 heavy (non-hydrogen) atoms. The third-order valence-corrected chi connectivity index (χ3v) is 6.80. The van der Waals surface area contributed by atoms with Crippen molar-refractivity contribution >= 4 is 28.6 Å². The average Bonchev–Trinajstić information content (AvgIpc) is 3.27. The Labute approximate surface area is 190 Å². The molecule has 1 aromatic carbocycles. The molecule has 0 radical (unpaired) electrons. The van der Waals surface area contributed by atoms with Crippen molar-refractivity contribution in [3.05, 3.63) is 51.3 Å². The van der Waals surface area contributed by atoms with Crippen molar-refractivity contribution in [1.29, 1.82) is 0 Å². The zero-order chi connectivity index (χ0) is 23.0. The summed E-state index contributed by atoms with van der Waals surface area (Å²) in [5.41, 5.74) is 9.51. The van der Waals surface area contributed by atoms with Gasteiger partial charge in [-0.2, -0.15) is 0 Å². The first kappa shape index (κ1) is 22.3. The minimum atomic E-state index is -0.0472. The summed E-state index contributed by atoms with van der Waals surface area (Å²) in [6.07, 6.45) is 2.60. The number of allylic oxidation sites excluding steroid dienone is 1. The number of hydrogen-bond donors (Lipinski definition) is 3. The molecule has 0 saturated heterocycles. The second-order valence-electron chi connectivity index (χ2n) is 8.93. The Bertz CT molecular complexity index is 1110. The highest BCUT2D eigenvalue weighted by atomic mass is 16.2. The topological polar surface area (TPSA) is 77.2 Å². The molecule has 2 heterocycles. The molecule has 4 rings (SSSR count). The SMILES string of the molecule is CCN(CC)CCNC(=O)c1c(C)[nH]c2c1CCC/C2=C1/C(=O)Nc2c(C)cc(C)cc21. The highest BCUT2D eigenvalue weighted by molar-refractivity contribution is 6.37. The van der Waals surface area contributed by atoms with Gasteiger partial charge in [0.15, 0.2) is 0 Å². The lowest BCUT2D eigenvalue weighted by molar-refractivity contribution is -0.110. The van der Waals surface area contributed by atoms with E-state index in [4.69, 9.17) is 0 Å².